The summed E-state index contributed by atoms with van der Waals surface area (Å²) in [7, 11) is 4.43. The summed E-state index contributed by atoms with van der Waals surface area (Å²) in [5.74, 6) is -0.696. The summed E-state index contributed by atoms with van der Waals surface area (Å²) in [6.45, 7) is 1.97. The van der Waals surface area contributed by atoms with Gasteiger partial charge in [0, 0.05) is 25.2 Å². The van der Waals surface area contributed by atoms with Crippen LogP contribution in [0.25, 0.3) is 0 Å². The molecule has 9 heteroatoms. The second-order valence-electron chi connectivity index (χ2n) is 6.73. The highest BCUT2D eigenvalue weighted by atomic mass is 16.7. The number of rotatable bonds is 11. The fourth-order valence-electron chi connectivity index (χ4n) is 2.91. The maximum atomic E-state index is 12.4. The highest BCUT2D eigenvalue weighted by Gasteiger charge is 2.37. The van der Waals surface area contributed by atoms with Crippen LogP contribution in [0.15, 0.2) is 64.9 Å². The maximum Gasteiger partial charge on any atom is 0.273 e. The van der Waals surface area contributed by atoms with Gasteiger partial charge in [0.15, 0.2) is 5.71 Å². The SMILES string of the molecule is CNC(=O)/C(=N/OC)c1ccccc1COC/C=N/OC(C)(C(=O)NC)c1ccccc1. The first-order valence-corrected chi connectivity index (χ1v) is 9.94. The molecule has 9 nitrogen and oxygen atoms in total. The zero-order valence-electron chi connectivity index (χ0n) is 18.6. The zero-order chi connectivity index (χ0) is 23.4. The molecule has 2 rings (SSSR count). The van der Waals surface area contributed by atoms with Crippen LogP contribution in [0.3, 0.4) is 0 Å². The molecule has 0 bridgehead atoms. The van der Waals surface area contributed by atoms with E-state index < -0.39 is 5.60 Å². The molecular weight excluding hydrogens is 412 g/mol. The van der Waals surface area contributed by atoms with Gasteiger partial charge in [0.1, 0.15) is 7.11 Å². The first-order chi connectivity index (χ1) is 15.5. The van der Waals surface area contributed by atoms with Gasteiger partial charge in [-0.1, -0.05) is 64.9 Å². The molecular formula is C23H28N4O5. The lowest BCUT2D eigenvalue weighted by atomic mass is 9.95. The molecule has 1 unspecified atom stereocenters. The van der Waals surface area contributed by atoms with Crippen molar-refractivity contribution in [2.75, 3.05) is 27.8 Å². The topological polar surface area (TPSA) is 111 Å². The van der Waals surface area contributed by atoms with Crippen LogP contribution in [0.4, 0.5) is 0 Å². The Labute approximate surface area is 187 Å². The highest BCUT2D eigenvalue weighted by Crippen LogP contribution is 2.25. The van der Waals surface area contributed by atoms with Gasteiger partial charge in [-0.05, 0) is 12.5 Å². The van der Waals surface area contributed by atoms with Gasteiger partial charge in [-0.25, -0.2) is 0 Å². The molecule has 1 atom stereocenters. The normalized spacial score (nSPS) is 13.3. The van der Waals surface area contributed by atoms with Crippen LogP contribution in [-0.2, 0) is 36.2 Å². The summed E-state index contributed by atoms with van der Waals surface area (Å²) >= 11 is 0. The fraction of sp³-hybridized carbons (Fsp3) is 0.304. The van der Waals surface area contributed by atoms with Gasteiger partial charge >= 0.3 is 0 Å². The van der Waals surface area contributed by atoms with Crippen LogP contribution in [0.1, 0.15) is 23.6 Å². The molecule has 2 aromatic carbocycles. The second-order valence-corrected chi connectivity index (χ2v) is 6.73. The number of carbonyl (C=O) groups is 2. The van der Waals surface area contributed by atoms with E-state index in [0.717, 1.165) is 5.56 Å². The van der Waals surface area contributed by atoms with Crippen LogP contribution < -0.4 is 10.6 Å². The van der Waals surface area contributed by atoms with Gasteiger partial charge in [-0.15, -0.1) is 0 Å². The molecule has 170 valence electrons. The van der Waals surface area contributed by atoms with Crippen LogP contribution >= 0.6 is 0 Å². The molecule has 0 fully saturated rings. The molecule has 2 N–H and O–H groups in total. The van der Waals surface area contributed by atoms with Gasteiger partial charge in [-0.3, -0.25) is 9.59 Å². The Morgan fingerprint density at radius 2 is 1.72 bits per heavy atom. The molecule has 32 heavy (non-hydrogen) atoms. The van der Waals surface area contributed by atoms with E-state index in [1.165, 1.54) is 27.4 Å². The number of benzene rings is 2. The van der Waals surface area contributed by atoms with E-state index in [9.17, 15) is 9.59 Å². The van der Waals surface area contributed by atoms with Crippen LogP contribution in [0, 0.1) is 0 Å². The van der Waals surface area contributed by atoms with E-state index >= 15 is 0 Å². The molecule has 0 heterocycles. The molecule has 0 spiro atoms. The van der Waals surface area contributed by atoms with E-state index in [2.05, 4.69) is 20.9 Å². The van der Waals surface area contributed by atoms with Gasteiger partial charge in [0.25, 0.3) is 11.8 Å². The molecule has 0 saturated carbocycles. The van der Waals surface area contributed by atoms with Gasteiger partial charge < -0.3 is 25.0 Å². The van der Waals surface area contributed by atoms with E-state index in [1.54, 1.807) is 31.2 Å². The third-order valence-electron chi connectivity index (χ3n) is 4.64. The lowest BCUT2D eigenvalue weighted by molar-refractivity contribution is -0.145. The monoisotopic (exact) mass is 440 g/mol. The summed E-state index contributed by atoms with van der Waals surface area (Å²) < 4.78 is 5.65. The molecule has 0 aliphatic carbocycles. The molecule has 0 aromatic heterocycles. The number of nitrogens with zero attached hydrogens (tertiary/aromatic N) is 2. The Bertz CT molecular complexity index is 962. The molecule has 2 aromatic rings. The quantitative estimate of drug-likeness (QED) is 0.315. The largest absolute Gasteiger partial charge is 0.398 e. The number of hydrogen-bond donors (Lipinski definition) is 2. The Hall–Kier alpha value is -3.72. The Morgan fingerprint density at radius 1 is 1.03 bits per heavy atom. The highest BCUT2D eigenvalue weighted by molar-refractivity contribution is 6.45. The number of amides is 2. The van der Waals surface area contributed by atoms with Crippen LogP contribution in [0.5, 0.6) is 0 Å². The van der Waals surface area contributed by atoms with Crippen molar-refractivity contribution in [3.8, 4) is 0 Å². The van der Waals surface area contributed by atoms with E-state index in [4.69, 9.17) is 14.4 Å². The minimum absolute atomic E-state index is 0.129. The first-order valence-electron chi connectivity index (χ1n) is 9.94. The van der Waals surface area contributed by atoms with Crippen molar-refractivity contribution in [1.82, 2.24) is 10.6 Å². The standard InChI is InChI=1S/C23H28N4O5/c1-23(22(29)25-3,18-11-6-5-7-12-18)32-26-14-15-31-16-17-10-8-9-13-19(17)20(27-30-4)21(28)24-2/h5-14H,15-16H2,1-4H3,(H,24,28)(H,25,29)/b26-14+,27-20+. The summed E-state index contributed by atoms with van der Waals surface area (Å²) in [4.78, 5) is 34.9. The molecule has 0 aliphatic rings. The van der Waals surface area contributed by atoms with Crippen LogP contribution in [0.2, 0.25) is 0 Å². The number of nitrogens with one attached hydrogen (secondary N) is 2. The van der Waals surface area contributed by atoms with Crippen LogP contribution in [-0.4, -0.2) is 51.6 Å². The number of ether oxygens (including phenoxy) is 1. The van der Waals surface area contributed by atoms with E-state index in [-0.39, 0.29) is 30.7 Å². The molecule has 0 saturated heterocycles. The summed E-state index contributed by atoms with van der Waals surface area (Å²) in [5, 5.41) is 12.9. The van der Waals surface area contributed by atoms with E-state index in [0.29, 0.717) is 11.1 Å². The smallest absolute Gasteiger partial charge is 0.273 e. The third-order valence-corrected chi connectivity index (χ3v) is 4.64. The maximum absolute atomic E-state index is 12.4. The van der Waals surface area contributed by atoms with Crippen molar-refractivity contribution in [1.29, 1.82) is 0 Å². The Balaban J connectivity index is 2.02. The summed E-state index contributed by atoms with van der Waals surface area (Å²) in [6, 6.07) is 16.3. The number of oxime groups is 2. The molecule has 2 amide bonds. The van der Waals surface area contributed by atoms with Gasteiger partial charge in [-0.2, -0.15) is 0 Å². The second kappa shape index (κ2) is 12.2. The zero-order valence-corrected chi connectivity index (χ0v) is 18.6. The first kappa shape index (κ1) is 24.5. The van der Waals surface area contributed by atoms with Gasteiger partial charge in [0.2, 0.25) is 5.60 Å². The Kier molecular flexibility index (Phi) is 9.37. The number of likely N-dealkylation sites (N-methyl/N-ethyl adjacent to an activating group) is 2. The number of carbonyl (C=O) groups excluding carboxylic acids is 2. The fourth-order valence-corrected chi connectivity index (χ4v) is 2.91. The van der Waals surface area contributed by atoms with Crippen molar-refractivity contribution >= 4 is 23.7 Å². The summed E-state index contributed by atoms with van der Waals surface area (Å²) in [5.41, 5.74) is 0.887. The minimum Gasteiger partial charge on any atom is -0.398 e. The Morgan fingerprint density at radius 3 is 2.38 bits per heavy atom. The van der Waals surface area contributed by atoms with Crippen molar-refractivity contribution in [2.45, 2.75) is 19.1 Å². The molecule has 0 radical (unpaired) electrons. The third kappa shape index (κ3) is 6.14. The molecule has 0 aliphatic heterocycles. The van der Waals surface area contributed by atoms with Crippen molar-refractivity contribution in [2.24, 2.45) is 10.3 Å². The van der Waals surface area contributed by atoms with E-state index in [1.807, 2.05) is 30.3 Å². The van der Waals surface area contributed by atoms with Crippen molar-refractivity contribution < 1.29 is 24.0 Å². The minimum atomic E-state index is -1.28. The number of hydrogen-bond acceptors (Lipinski definition) is 7. The van der Waals surface area contributed by atoms with Crippen molar-refractivity contribution in [3.63, 3.8) is 0 Å². The average molecular weight is 441 g/mol. The summed E-state index contributed by atoms with van der Waals surface area (Å²) in [6.07, 6.45) is 1.43. The predicted octanol–water partition coefficient (Wildman–Crippen LogP) is 1.96. The average Bonchev–Trinajstić information content (AvgIpc) is 2.84. The predicted molar refractivity (Wildman–Crippen MR) is 121 cm³/mol. The lowest BCUT2D eigenvalue weighted by Gasteiger charge is -2.25. The van der Waals surface area contributed by atoms with Gasteiger partial charge in [0.05, 0.1) is 19.4 Å². The van der Waals surface area contributed by atoms with Crippen molar-refractivity contribution in [3.05, 3.63) is 71.3 Å². The lowest BCUT2D eigenvalue weighted by Crippen LogP contribution is -2.41.